The largest absolute Gasteiger partial charge is 0.463 e. The number of carbonyl (C=O) groups is 1. The standard InChI is InChI=1S/C18H15N3O3/c1-2-23-15(22)11-24-20-17-14-7-4-10-21(14)13-6-3-5-12-8-9-19-18(17)16(12)13/h3-10H,2,11H2,1H3/b20-17+. The zero-order valence-electron chi connectivity index (χ0n) is 13.1. The number of fused-ring (bicyclic) bond motifs is 2. The maximum absolute atomic E-state index is 11.4. The number of esters is 1. The summed E-state index contributed by atoms with van der Waals surface area (Å²) in [5.41, 5.74) is 2.68. The summed E-state index contributed by atoms with van der Waals surface area (Å²) in [6, 6.07) is 12.0. The second-order valence-corrected chi connectivity index (χ2v) is 5.32. The first kappa shape index (κ1) is 14.4. The molecule has 3 heterocycles. The Hall–Kier alpha value is -3.15. The number of nitrogens with zero attached hydrogens (tertiary/aromatic N) is 3. The number of rotatable bonds is 4. The molecule has 0 saturated carbocycles. The lowest BCUT2D eigenvalue weighted by molar-refractivity contribution is -0.148. The zero-order chi connectivity index (χ0) is 16.5. The van der Waals surface area contributed by atoms with E-state index >= 15 is 0 Å². The molecule has 0 amide bonds. The Kier molecular flexibility index (Phi) is 3.49. The fourth-order valence-corrected chi connectivity index (χ4v) is 2.94. The molecule has 24 heavy (non-hydrogen) atoms. The van der Waals surface area contributed by atoms with Crippen LogP contribution < -0.4 is 5.36 Å². The summed E-state index contributed by atoms with van der Waals surface area (Å²) in [7, 11) is 0. The third kappa shape index (κ3) is 2.23. The average molecular weight is 321 g/mol. The highest BCUT2D eigenvalue weighted by Gasteiger charge is 2.11. The van der Waals surface area contributed by atoms with Crippen LogP contribution in [0.15, 0.2) is 53.9 Å². The average Bonchev–Trinajstić information content (AvgIpc) is 3.08. The summed E-state index contributed by atoms with van der Waals surface area (Å²) in [5, 5.41) is 6.88. The maximum atomic E-state index is 11.4. The first-order chi connectivity index (χ1) is 11.8. The molecule has 0 fully saturated rings. The molecule has 0 aliphatic carbocycles. The minimum atomic E-state index is -0.445. The van der Waals surface area contributed by atoms with Crippen LogP contribution in [0.5, 0.6) is 0 Å². The van der Waals surface area contributed by atoms with E-state index in [1.807, 2.05) is 47.0 Å². The Bertz CT molecular complexity index is 1100. The number of carbonyl (C=O) groups excluding carboxylic acids is 1. The summed E-state index contributed by atoms with van der Waals surface area (Å²) in [6.45, 7) is 1.84. The second kappa shape index (κ2) is 5.81. The molecular weight excluding hydrogens is 306 g/mol. The molecule has 120 valence electrons. The van der Waals surface area contributed by atoms with Crippen molar-refractivity contribution in [3.05, 3.63) is 54.1 Å². The van der Waals surface area contributed by atoms with Gasteiger partial charge in [-0.3, -0.25) is 4.98 Å². The highest BCUT2D eigenvalue weighted by Crippen LogP contribution is 2.24. The minimum absolute atomic E-state index is 0.227. The van der Waals surface area contributed by atoms with E-state index in [1.165, 1.54) is 0 Å². The van der Waals surface area contributed by atoms with Crippen LogP contribution in [0.4, 0.5) is 0 Å². The maximum Gasteiger partial charge on any atom is 0.347 e. The number of hydrogen-bond acceptors (Lipinski definition) is 5. The monoisotopic (exact) mass is 321 g/mol. The summed E-state index contributed by atoms with van der Waals surface area (Å²) < 4.78 is 6.89. The van der Waals surface area contributed by atoms with Gasteiger partial charge in [-0.25, -0.2) is 4.79 Å². The molecule has 1 aromatic carbocycles. The summed E-state index contributed by atoms with van der Waals surface area (Å²) >= 11 is 0. The summed E-state index contributed by atoms with van der Waals surface area (Å²) in [5.74, 6) is -0.445. The molecule has 0 atom stereocenters. The number of pyridine rings is 2. The van der Waals surface area contributed by atoms with Gasteiger partial charge in [0.05, 0.1) is 17.6 Å². The first-order valence-corrected chi connectivity index (χ1v) is 7.71. The van der Waals surface area contributed by atoms with Gasteiger partial charge in [0.1, 0.15) is 5.52 Å². The van der Waals surface area contributed by atoms with Crippen LogP contribution >= 0.6 is 0 Å². The highest BCUT2D eigenvalue weighted by atomic mass is 16.6. The second-order valence-electron chi connectivity index (χ2n) is 5.32. The van der Waals surface area contributed by atoms with E-state index < -0.39 is 5.97 Å². The van der Waals surface area contributed by atoms with Gasteiger partial charge in [-0.2, -0.15) is 0 Å². The van der Waals surface area contributed by atoms with E-state index in [2.05, 4.69) is 10.1 Å². The van der Waals surface area contributed by atoms with E-state index in [4.69, 9.17) is 9.57 Å². The lowest BCUT2D eigenvalue weighted by atomic mass is 10.1. The normalized spacial score (nSPS) is 12.3. The van der Waals surface area contributed by atoms with Crippen LogP contribution in [-0.4, -0.2) is 28.6 Å². The van der Waals surface area contributed by atoms with Gasteiger partial charge in [-0.1, -0.05) is 17.3 Å². The molecule has 0 aliphatic rings. The van der Waals surface area contributed by atoms with Crippen LogP contribution in [0.3, 0.4) is 0 Å². The van der Waals surface area contributed by atoms with Crippen molar-refractivity contribution in [3.63, 3.8) is 0 Å². The van der Waals surface area contributed by atoms with Crippen molar-refractivity contribution in [1.29, 1.82) is 0 Å². The molecular formula is C18H15N3O3. The molecule has 0 N–H and O–H groups in total. The molecule has 0 aliphatic heterocycles. The Morgan fingerprint density at radius 2 is 2.08 bits per heavy atom. The lowest BCUT2D eigenvalue weighted by Crippen LogP contribution is -2.15. The predicted octanol–water partition coefficient (Wildman–Crippen LogP) is 2.47. The van der Waals surface area contributed by atoms with Gasteiger partial charge in [0, 0.05) is 17.8 Å². The van der Waals surface area contributed by atoms with E-state index in [-0.39, 0.29) is 6.61 Å². The van der Waals surface area contributed by atoms with Crippen molar-refractivity contribution in [2.24, 2.45) is 5.16 Å². The van der Waals surface area contributed by atoms with Gasteiger partial charge in [0.15, 0.2) is 5.36 Å². The predicted molar refractivity (Wildman–Crippen MR) is 89.5 cm³/mol. The van der Waals surface area contributed by atoms with Crippen molar-refractivity contribution in [3.8, 4) is 0 Å². The van der Waals surface area contributed by atoms with Gasteiger partial charge in [0.2, 0.25) is 6.61 Å². The topological polar surface area (TPSA) is 65.2 Å². The third-order valence-electron chi connectivity index (χ3n) is 3.89. The Labute approximate surface area is 137 Å². The van der Waals surface area contributed by atoms with E-state index in [9.17, 15) is 4.79 Å². The molecule has 4 aromatic rings. The van der Waals surface area contributed by atoms with Gasteiger partial charge >= 0.3 is 5.97 Å². The molecule has 0 unspecified atom stereocenters. The quantitative estimate of drug-likeness (QED) is 0.428. The zero-order valence-corrected chi connectivity index (χ0v) is 13.1. The molecule has 0 spiro atoms. The molecule has 6 nitrogen and oxygen atoms in total. The Balaban J connectivity index is 1.95. The van der Waals surface area contributed by atoms with Crippen molar-refractivity contribution in [2.75, 3.05) is 13.2 Å². The fraction of sp³-hybridized carbons (Fsp3) is 0.167. The third-order valence-corrected chi connectivity index (χ3v) is 3.89. The van der Waals surface area contributed by atoms with Crippen molar-refractivity contribution >= 4 is 33.3 Å². The molecule has 0 bridgehead atoms. The lowest BCUT2D eigenvalue weighted by Gasteiger charge is -2.08. The van der Waals surface area contributed by atoms with Crippen LogP contribution in [0.1, 0.15) is 6.92 Å². The van der Waals surface area contributed by atoms with Gasteiger partial charge in [-0.15, -0.1) is 0 Å². The van der Waals surface area contributed by atoms with E-state index in [0.29, 0.717) is 12.0 Å². The Morgan fingerprint density at radius 3 is 2.96 bits per heavy atom. The summed E-state index contributed by atoms with van der Waals surface area (Å²) in [4.78, 5) is 21.1. The van der Waals surface area contributed by atoms with Crippen LogP contribution in [-0.2, 0) is 14.4 Å². The van der Waals surface area contributed by atoms with Gasteiger partial charge in [0.25, 0.3) is 0 Å². The number of ether oxygens (including phenoxy) is 1. The molecule has 0 radical (unpaired) electrons. The number of hydrogen-bond donors (Lipinski definition) is 0. The molecule has 4 rings (SSSR count). The van der Waals surface area contributed by atoms with Crippen molar-refractivity contribution in [2.45, 2.75) is 6.92 Å². The van der Waals surface area contributed by atoms with E-state index in [1.54, 1.807) is 13.1 Å². The highest BCUT2D eigenvalue weighted by molar-refractivity contribution is 6.08. The number of benzene rings is 1. The van der Waals surface area contributed by atoms with Crippen molar-refractivity contribution < 1.29 is 14.4 Å². The number of aromatic nitrogens is 2. The molecule has 3 aromatic heterocycles. The SMILES string of the molecule is CCOC(=O)CO/N=c1/c2nccc3cccc(c32)n2cccc12. The van der Waals surface area contributed by atoms with Gasteiger partial charge < -0.3 is 14.0 Å². The Morgan fingerprint density at radius 1 is 1.21 bits per heavy atom. The summed E-state index contributed by atoms with van der Waals surface area (Å²) in [6.07, 6.45) is 3.72. The van der Waals surface area contributed by atoms with Crippen LogP contribution in [0, 0.1) is 0 Å². The fourth-order valence-electron chi connectivity index (χ4n) is 2.94. The minimum Gasteiger partial charge on any atom is -0.463 e. The van der Waals surface area contributed by atoms with Crippen LogP contribution in [0.25, 0.3) is 27.3 Å². The smallest absolute Gasteiger partial charge is 0.347 e. The van der Waals surface area contributed by atoms with E-state index in [0.717, 1.165) is 27.3 Å². The van der Waals surface area contributed by atoms with Crippen molar-refractivity contribution in [1.82, 2.24) is 9.38 Å². The molecule has 6 heteroatoms. The van der Waals surface area contributed by atoms with Gasteiger partial charge in [-0.05, 0) is 36.6 Å². The molecule has 0 saturated heterocycles. The van der Waals surface area contributed by atoms with Crippen LogP contribution in [0.2, 0.25) is 0 Å². The first-order valence-electron chi connectivity index (χ1n) is 7.71.